The van der Waals surface area contributed by atoms with Gasteiger partial charge in [0.1, 0.15) is 6.54 Å². The predicted molar refractivity (Wildman–Crippen MR) is 153 cm³/mol. The molecule has 1 aliphatic heterocycles. The van der Waals surface area contributed by atoms with Gasteiger partial charge in [-0.15, -0.1) is 0 Å². The molecular formula is C31H31ClN4O3. The minimum atomic E-state index is -0.338. The number of nitrogens with zero attached hydrogens (tertiary/aromatic N) is 3. The van der Waals surface area contributed by atoms with Gasteiger partial charge < -0.3 is 9.64 Å². The Kier molecular flexibility index (Phi) is 8.10. The number of hydrogen-bond donors (Lipinski definition) is 1. The van der Waals surface area contributed by atoms with Crippen molar-refractivity contribution in [1.82, 2.24) is 14.5 Å². The largest absolute Gasteiger partial charge is 0.376 e. The number of imidazole rings is 1. The number of carbonyl (C=O) groups is 2. The molecule has 200 valence electrons. The quantitative estimate of drug-likeness (QED) is 0.293. The Bertz CT molecular complexity index is 1440. The van der Waals surface area contributed by atoms with Gasteiger partial charge in [-0.3, -0.25) is 19.5 Å². The summed E-state index contributed by atoms with van der Waals surface area (Å²) in [5.74, 6) is -0.173. The van der Waals surface area contributed by atoms with Crippen LogP contribution in [0, 0.1) is 13.8 Å². The van der Waals surface area contributed by atoms with Gasteiger partial charge in [-0.2, -0.15) is 0 Å². The molecule has 1 aromatic heterocycles. The van der Waals surface area contributed by atoms with Crippen LogP contribution in [-0.2, 0) is 9.53 Å². The average Bonchev–Trinajstić information content (AvgIpc) is 3.59. The molecule has 0 spiro atoms. The summed E-state index contributed by atoms with van der Waals surface area (Å²) in [5, 5.41) is 3.58. The van der Waals surface area contributed by atoms with Crippen LogP contribution >= 0.6 is 11.6 Å². The zero-order valence-electron chi connectivity index (χ0n) is 22.1. The van der Waals surface area contributed by atoms with E-state index in [1.54, 1.807) is 29.2 Å². The minimum absolute atomic E-state index is 0.0850. The predicted octanol–water partition coefficient (Wildman–Crippen LogP) is 6.07. The number of aryl methyl sites for hydroxylation is 2. The fraction of sp³-hybridized carbons (Fsp3) is 0.258. The highest BCUT2D eigenvalue weighted by Gasteiger charge is 2.26. The normalized spacial score (nSPS) is 14.8. The number of anilines is 1. The SMILES string of the molecule is Cc1ccc(C(=O)N(CC(=O)Nc2nc(-c3ccc(Cl)cc3)cn2-c2ccc(C)cc2)CC2CCCO2)cc1. The van der Waals surface area contributed by atoms with Gasteiger partial charge in [0.15, 0.2) is 0 Å². The fourth-order valence-electron chi connectivity index (χ4n) is 4.60. The zero-order chi connectivity index (χ0) is 27.4. The highest BCUT2D eigenvalue weighted by Crippen LogP contribution is 2.26. The molecule has 2 heterocycles. The Hall–Kier alpha value is -3.94. The van der Waals surface area contributed by atoms with Crippen LogP contribution in [0.4, 0.5) is 5.95 Å². The molecule has 1 unspecified atom stereocenters. The fourth-order valence-corrected chi connectivity index (χ4v) is 4.73. The molecule has 8 heteroatoms. The lowest BCUT2D eigenvalue weighted by Crippen LogP contribution is -2.42. The average molecular weight is 543 g/mol. The summed E-state index contributed by atoms with van der Waals surface area (Å²) < 4.78 is 7.63. The molecule has 0 bridgehead atoms. The van der Waals surface area contributed by atoms with Crippen molar-refractivity contribution in [2.45, 2.75) is 32.8 Å². The van der Waals surface area contributed by atoms with Crippen molar-refractivity contribution >= 4 is 29.4 Å². The number of amides is 2. The van der Waals surface area contributed by atoms with Crippen LogP contribution in [0.15, 0.2) is 79.0 Å². The van der Waals surface area contributed by atoms with Crippen molar-refractivity contribution in [2.75, 3.05) is 25.0 Å². The molecule has 1 N–H and O–H groups in total. The third kappa shape index (κ3) is 6.56. The number of aromatic nitrogens is 2. The van der Waals surface area contributed by atoms with E-state index in [0.717, 1.165) is 35.2 Å². The summed E-state index contributed by atoms with van der Waals surface area (Å²) in [5.41, 5.74) is 5.15. The molecular weight excluding hydrogens is 512 g/mol. The number of benzene rings is 3. The van der Waals surface area contributed by atoms with Crippen molar-refractivity contribution in [3.05, 3.63) is 101 Å². The monoisotopic (exact) mass is 542 g/mol. The first-order valence-electron chi connectivity index (χ1n) is 13.1. The molecule has 4 aromatic rings. The van der Waals surface area contributed by atoms with Gasteiger partial charge >= 0.3 is 0 Å². The van der Waals surface area contributed by atoms with Crippen LogP contribution in [0.25, 0.3) is 16.9 Å². The second kappa shape index (κ2) is 11.8. The molecule has 7 nitrogen and oxygen atoms in total. The van der Waals surface area contributed by atoms with Crippen molar-refractivity contribution in [3.8, 4) is 16.9 Å². The summed E-state index contributed by atoms with van der Waals surface area (Å²) in [6.07, 6.45) is 3.61. The maximum atomic E-state index is 13.4. The molecule has 5 rings (SSSR count). The molecule has 2 amide bonds. The van der Waals surface area contributed by atoms with Gasteiger partial charge in [-0.25, -0.2) is 4.98 Å². The van der Waals surface area contributed by atoms with E-state index >= 15 is 0 Å². The van der Waals surface area contributed by atoms with E-state index in [9.17, 15) is 9.59 Å². The van der Waals surface area contributed by atoms with Gasteiger partial charge in [0.2, 0.25) is 11.9 Å². The Morgan fingerprint density at radius 2 is 1.67 bits per heavy atom. The van der Waals surface area contributed by atoms with Gasteiger partial charge in [0, 0.05) is 41.2 Å². The Morgan fingerprint density at radius 1 is 1.00 bits per heavy atom. The standard InChI is InChI=1S/C31H31ClN4O3/c1-21-5-9-24(10-6-21)30(38)35(18-27-4-3-17-39-27)20-29(37)34-31-33-28(23-11-13-25(32)14-12-23)19-36(31)26-15-7-22(2)8-16-26/h5-16,19,27H,3-4,17-18,20H2,1-2H3,(H,33,34,37). The molecule has 1 saturated heterocycles. The maximum Gasteiger partial charge on any atom is 0.254 e. The van der Waals surface area contributed by atoms with Crippen molar-refractivity contribution < 1.29 is 14.3 Å². The van der Waals surface area contributed by atoms with Crippen LogP contribution in [0.2, 0.25) is 5.02 Å². The van der Waals surface area contributed by atoms with E-state index in [1.807, 2.05) is 73.1 Å². The lowest BCUT2D eigenvalue weighted by molar-refractivity contribution is -0.117. The third-order valence-corrected chi connectivity index (χ3v) is 7.03. The van der Waals surface area contributed by atoms with Gasteiger partial charge in [0.05, 0.1) is 11.8 Å². The van der Waals surface area contributed by atoms with E-state index in [4.69, 9.17) is 21.3 Å². The number of nitrogens with one attached hydrogen (secondary N) is 1. The van der Waals surface area contributed by atoms with E-state index < -0.39 is 0 Å². The number of rotatable bonds is 8. The van der Waals surface area contributed by atoms with Gasteiger partial charge in [0.25, 0.3) is 5.91 Å². The number of hydrogen-bond acceptors (Lipinski definition) is 4. The Morgan fingerprint density at radius 3 is 2.31 bits per heavy atom. The first kappa shape index (κ1) is 26.7. The molecule has 0 radical (unpaired) electrons. The van der Waals surface area contributed by atoms with Crippen molar-refractivity contribution in [3.63, 3.8) is 0 Å². The summed E-state index contributed by atoms with van der Waals surface area (Å²) in [4.78, 5) is 33.1. The maximum absolute atomic E-state index is 13.4. The Balaban J connectivity index is 1.41. The van der Waals surface area contributed by atoms with E-state index in [0.29, 0.717) is 35.4 Å². The number of ether oxygens (including phenoxy) is 1. The van der Waals surface area contributed by atoms with Crippen LogP contribution in [-0.4, -0.2) is 52.1 Å². The molecule has 1 aliphatic rings. The van der Waals surface area contributed by atoms with Crippen molar-refractivity contribution in [2.24, 2.45) is 0 Å². The lowest BCUT2D eigenvalue weighted by Gasteiger charge is -2.25. The molecule has 1 atom stereocenters. The molecule has 1 fully saturated rings. The highest BCUT2D eigenvalue weighted by molar-refractivity contribution is 6.30. The first-order valence-corrected chi connectivity index (χ1v) is 13.4. The summed E-state index contributed by atoms with van der Waals surface area (Å²) in [6, 6.07) is 22.7. The first-order chi connectivity index (χ1) is 18.9. The molecule has 0 aliphatic carbocycles. The summed E-state index contributed by atoms with van der Waals surface area (Å²) in [7, 11) is 0. The molecule has 0 saturated carbocycles. The Labute approximate surface area is 233 Å². The number of carbonyl (C=O) groups excluding carboxylic acids is 2. The number of halogens is 1. The van der Waals surface area contributed by atoms with E-state index in [1.165, 1.54) is 0 Å². The second-order valence-electron chi connectivity index (χ2n) is 9.90. The van der Waals surface area contributed by atoms with E-state index in [-0.39, 0.29) is 24.5 Å². The summed E-state index contributed by atoms with van der Waals surface area (Å²) in [6.45, 7) is 4.89. The lowest BCUT2D eigenvalue weighted by atomic mass is 10.1. The molecule has 39 heavy (non-hydrogen) atoms. The topological polar surface area (TPSA) is 76.5 Å². The van der Waals surface area contributed by atoms with Gasteiger partial charge in [-0.1, -0.05) is 59.1 Å². The third-order valence-electron chi connectivity index (χ3n) is 6.78. The van der Waals surface area contributed by atoms with Crippen LogP contribution in [0.3, 0.4) is 0 Å². The second-order valence-corrected chi connectivity index (χ2v) is 10.3. The smallest absolute Gasteiger partial charge is 0.254 e. The van der Waals surface area contributed by atoms with Crippen LogP contribution in [0.1, 0.15) is 34.3 Å². The van der Waals surface area contributed by atoms with E-state index in [2.05, 4.69) is 5.32 Å². The molecule has 3 aromatic carbocycles. The minimum Gasteiger partial charge on any atom is -0.376 e. The van der Waals surface area contributed by atoms with Crippen molar-refractivity contribution in [1.29, 1.82) is 0 Å². The highest BCUT2D eigenvalue weighted by atomic mass is 35.5. The van der Waals surface area contributed by atoms with Gasteiger partial charge in [-0.05, 0) is 63.1 Å². The van der Waals surface area contributed by atoms with Crippen LogP contribution in [0.5, 0.6) is 0 Å². The zero-order valence-corrected chi connectivity index (χ0v) is 22.8. The summed E-state index contributed by atoms with van der Waals surface area (Å²) >= 11 is 6.08. The van der Waals surface area contributed by atoms with Crippen LogP contribution < -0.4 is 5.32 Å².